The molecule has 0 aliphatic carbocycles. The van der Waals surface area contributed by atoms with Crippen LogP contribution in [0.1, 0.15) is 23.6 Å². The van der Waals surface area contributed by atoms with E-state index in [1.165, 1.54) is 12.3 Å². The highest BCUT2D eigenvalue weighted by Crippen LogP contribution is 2.31. The highest BCUT2D eigenvalue weighted by molar-refractivity contribution is 6.00. The maximum absolute atomic E-state index is 13.8. The number of halogens is 2. The van der Waals surface area contributed by atoms with E-state index in [0.29, 0.717) is 23.5 Å². The summed E-state index contributed by atoms with van der Waals surface area (Å²) in [4.78, 5) is 9.30. The molecule has 0 aromatic heterocycles. The minimum atomic E-state index is -2.88. The first kappa shape index (κ1) is 19.5. The number of aliphatic imine (C=N–C) groups is 1. The quantitative estimate of drug-likeness (QED) is 0.632. The zero-order valence-corrected chi connectivity index (χ0v) is 15.4. The average Bonchev–Trinajstić information content (AvgIpc) is 2.55. The van der Waals surface area contributed by atoms with Crippen LogP contribution in [0.2, 0.25) is 0 Å². The van der Waals surface area contributed by atoms with Crippen LogP contribution in [-0.2, 0) is 5.92 Å². The van der Waals surface area contributed by atoms with Gasteiger partial charge in [0.1, 0.15) is 5.84 Å². The van der Waals surface area contributed by atoms with Gasteiger partial charge in [0, 0.05) is 50.8 Å². The Bertz CT molecular complexity index is 614. The van der Waals surface area contributed by atoms with E-state index in [-0.39, 0.29) is 5.56 Å². The van der Waals surface area contributed by atoms with Crippen molar-refractivity contribution in [3.05, 3.63) is 47.7 Å². The summed E-state index contributed by atoms with van der Waals surface area (Å²) in [5.74, 6) is -2.29. The Kier molecular flexibility index (Phi) is 6.67. The van der Waals surface area contributed by atoms with Crippen molar-refractivity contribution in [1.82, 2.24) is 15.1 Å². The van der Waals surface area contributed by atoms with Gasteiger partial charge in [-0.1, -0.05) is 24.8 Å². The standard InChI is InChI=1S/C19H28F2N4/c1-5-22-18(23-9-10-25-13-11-24(4)12-14-25)16-7-6-8-17(15(16)2)19(3,20)21/h5-8H,1,9-14H2,2-4H3,(H,22,23). The van der Waals surface area contributed by atoms with E-state index in [2.05, 4.69) is 33.7 Å². The van der Waals surface area contributed by atoms with Crippen molar-refractivity contribution in [2.45, 2.75) is 19.8 Å². The zero-order chi connectivity index (χ0) is 18.4. The third kappa shape index (κ3) is 5.34. The molecule has 0 radical (unpaired) electrons. The third-order valence-corrected chi connectivity index (χ3v) is 4.58. The lowest BCUT2D eigenvalue weighted by Gasteiger charge is -2.31. The smallest absolute Gasteiger partial charge is 0.270 e. The molecule has 4 nitrogen and oxygen atoms in total. The second kappa shape index (κ2) is 8.54. The van der Waals surface area contributed by atoms with Crippen molar-refractivity contribution in [3.8, 4) is 0 Å². The lowest BCUT2D eigenvalue weighted by Crippen LogP contribution is -2.45. The summed E-state index contributed by atoms with van der Waals surface area (Å²) in [6, 6.07) is 4.93. The fraction of sp³-hybridized carbons (Fsp3) is 0.526. The van der Waals surface area contributed by atoms with Crippen molar-refractivity contribution < 1.29 is 8.78 Å². The van der Waals surface area contributed by atoms with Gasteiger partial charge in [-0.25, -0.2) is 8.78 Å². The molecule has 1 aliphatic rings. The van der Waals surface area contributed by atoms with Crippen LogP contribution in [0, 0.1) is 6.92 Å². The molecule has 1 saturated heterocycles. The first-order valence-corrected chi connectivity index (χ1v) is 8.64. The number of hydrogen-bond donors (Lipinski definition) is 1. The van der Waals surface area contributed by atoms with Gasteiger partial charge in [0.2, 0.25) is 0 Å². The number of nitrogens with zero attached hydrogens (tertiary/aromatic N) is 3. The van der Waals surface area contributed by atoms with Gasteiger partial charge in [-0.05, 0) is 25.7 Å². The molecule has 6 heteroatoms. The lowest BCUT2D eigenvalue weighted by atomic mass is 9.97. The van der Waals surface area contributed by atoms with Gasteiger partial charge in [0.25, 0.3) is 5.92 Å². The van der Waals surface area contributed by atoms with E-state index in [4.69, 9.17) is 0 Å². The summed E-state index contributed by atoms with van der Waals surface area (Å²) < 4.78 is 27.6. The number of alkyl halides is 2. The van der Waals surface area contributed by atoms with Gasteiger partial charge < -0.3 is 10.2 Å². The van der Waals surface area contributed by atoms with Crippen LogP contribution >= 0.6 is 0 Å². The molecular weight excluding hydrogens is 322 g/mol. The van der Waals surface area contributed by atoms with Crippen LogP contribution in [0.15, 0.2) is 36.0 Å². The fourth-order valence-corrected chi connectivity index (χ4v) is 3.05. The number of amidine groups is 1. The van der Waals surface area contributed by atoms with E-state index < -0.39 is 5.92 Å². The Morgan fingerprint density at radius 3 is 2.60 bits per heavy atom. The summed E-state index contributed by atoms with van der Waals surface area (Å²) in [5, 5.41) is 3.01. The fourth-order valence-electron chi connectivity index (χ4n) is 3.05. The van der Waals surface area contributed by atoms with Gasteiger partial charge in [-0.3, -0.25) is 9.89 Å². The number of benzene rings is 1. The van der Waals surface area contributed by atoms with Crippen molar-refractivity contribution in [1.29, 1.82) is 0 Å². The highest BCUT2D eigenvalue weighted by atomic mass is 19.3. The maximum atomic E-state index is 13.8. The lowest BCUT2D eigenvalue weighted by molar-refractivity contribution is 0.0168. The number of piperazine rings is 1. The molecule has 1 aromatic carbocycles. The van der Waals surface area contributed by atoms with E-state index in [1.54, 1.807) is 13.0 Å². The van der Waals surface area contributed by atoms with Crippen molar-refractivity contribution in [3.63, 3.8) is 0 Å². The molecular formula is C19H28F2N4. The van der Waals surface area contributed by atoms with Crippen molar-refractivity contribution in [2.24, 2.45) is 4.99 Å². The number of hydrogen-bond acceptors (Lipinski definition) is 3. The normalized spacial score (nSPS) is 17.6. The summed E-state index contributed by atoms with van der Waals surface area (Å²) in [6.45, 7) is 12.0. The Balaban J connectivity index is 2.13. The number of nitrogens with one attached hydrogen (secondary N) is 1. The van der Waals surface area contributed by atoms with Crippen molar-refractivity contribution in [2.75, 3.05) is 46.3 Å². The Labute approximate surface area is 149 Å². The van der Waals surface area contributed by atoms with Gasteiger partial charge in [0.05, 0.1) is 6.54 Å². The molecule has 0 saturated carbocycles. The molecule has 2 rings (SSSR count). The minimum absolute atomic E-state index is 0.0302. The number of likely N-dealkylation sites (N-methyl/N-ethyl adjacent to an activating group) is 1. The van der Waals surface area contributed by atoms with Crippen LogP contribution in [-0.4, -0.2) is 62.0 Å². The van der Waals surface area contributed by atoms with Crippen LogP contribution < -0.4 is 5.32 Å². The van der Waals surface area contributed by atoms with E-state index in [9.17, 15) is 8.78 Å². The molecule has 1 fully saturated rings. The summed E-state index contributed by atoms with van der Waals surface area (Å²) in [7, 11) is 2.13. The van der Waals surface area contributed by atoms with Gasteiger partial charge >= 0.3 is 0 Å². The van der Waals surface area contributed by atoms with Gasteiger partial charge in [-0.15, -0.1) is 0 Å². The number of rotatable bonds is 6. The second-order valence-corrected chi connectivity index (χ2v) is 6.59. The average molecular weight is 350 g/mol. The molecule has 0 bridgehead atoms. The predicted molar refractivity (Wildman–Crippen MR) is 99.4 cm³/mol. The first-order chi connectivity index (χ1) is 11.8. The Morgan fingerprint density at radius 1 is 1.32 bits per heavy atom. The molecule has 0 atom stereocenters. The van der Waals surface area contributed by atoms with Crippen molar-refractivity contribution >= 4 is 5.84 Å². The molecule has 1 aromatic rings. The first-order valence-electron chi connectivity index (χ1n) is 8.64. The molecule has 0 unspecified atom stereocenters. The molecule has 1 heterocycles. The van der Waals surface area contributed by atoms with Crippen LogP contribution in [0.4, 0.5) is 8.78 Å². The summed E-state index contributed by atoms with van der Waals surface area (Å²) in [6.07, 6.45) is 1.53. The molecule has 25 heavy (non-hydrogen) atoms. The zero-order valence-electron chi connectivity index (χ0n) is 15.4. The summed E-state index contributed by atoms with van der Waals surface area (Å²) in [5.41, 5.74) is 1.27. The highest BCUT2D eigenvalue weighted by Gasteiger charge is 2.27. The minimum Gasteiger partial charge on any atom is -0.347 e. The molecule has 0 amide bonds. The SMILES string of the molecule is C=CNC(=NCCN1CCN(C)CC1)c1cccc(C(C)(F)F)c1C. The van der Waals surface area contributed by atoms with E-state index in [0.717, 1.165) is 39.6 Å². The van der Waals surface area contributed by atoms with E-state index >= 15 is 0 Å². The Hall–Kier alpha value is -1.79. The van der Waals surface area contributed by atoms with Gasteiger partial charge in [0.15, 0.2) is 0 Å². The van der Waals surface area contributed by atoms with Crippen LogP contribution in [0.25, 0.3) is 0 Å². The summed E-state index contributed by atoms with van der Waals surface area (Å²) >= 11 is 0. The molecule has 0 spiro atoms. The van der Waals surface area contributed by atoms with Gasteiger partial charge in [-0.2, -0.15) is 0 Å². The maximum Gasteiger partial charge on any atom is 0.270 e. The van der Waals surface area contributed by atoms with Crippen LogP contribution in [0.5, 0.6) is 0 Å². The van der Waals surface area contributed by atoms with E-state index in [1.807, 2.05) is 6.07 Å². The predicted octanol–water partition coefficient (Wildman–Crippen LogP) is 2.83. The second-order valence-electron chi connectivity index (χ2n) is 6.59. The largest absolute Gasteiger partial charge is 0.347 e. The third-order valence-electron chi connectivity index (χ3n) is 4.58. The topological polar surface area (TPSA) is 30.9 Å². The Morgan fingerprint density at radius 2 is 2.00 bits per heavy atom. The van der Waals surface area contributed by atoms with Crippen LogP contribution in [0.3, 0.4) is 0 Å². The monoisotopic (exact) mass is 350 g/mol. The molecule has 1 aliphatic heterocycles. The molecule has 138 valence electrons. The molecule has 1 N–H and O–H groups in total.